The van der Waals surface area contributed by atoms with Crippen molar-refractivity contribution in [2.75, 3.05) is 12.3 Å². The third kappa shape index (κ3) is 2.14. The zero-order valence-electron chi connectivity index (χ0n) is 8.10. The average molecular weight is 214 g/mol. The Morgan fingerprint density at radius 2 is 2.36 bits per heavy atom. The first kappa shape index (κ1) is 10.8. The van der Waals surface area contributed by atoms with Gasteiger partial charge < -0.3 is 11.1 Å². The van der Waals surface area contributed by atoms with E-state index in [1.807, 2.05) is 6.92 Å². The number of nitrogens with zero attached hydrogens (tertiary/aromatic N) is 1. The van der Waals surface area contributed by atoms with Gasteiger partial charge in [-0.1, -0.05) is 11.6 Å². The molecule has 1 rings (SSSR count). The molecule has 1 aromatic rings. The van der Waals surface area contributed by atoms with Gasteiger partial charge in [0.1, 0.15) is 5.82 Å². The number of pyridine rings is 1. The summed E-state index contributed by atoms with van der Waals surface area (Å²) in [6.07, 6.45) is 0. The van der Waals surface area contributed by atoms with Crippen molar-refractivity contribution in [1.29, 1.82) is 0 Å². The van der Waals surface area contributed by atoms with Crippen LogP contribution in [0, 0.1) is 6.92 Å². The molecule has 3 N–H and O–H groups in total. The highest BCUT2D eigenvalue weighted by atomic mass is 35.5. The Hall–Kier alpha value is -1.29. The molecule has 5 heteroatoms. The van der Waals surface area contributed by atoms with Crippen LogP contribution in [-0.4, -0.2) is 17.4 Å². The van der Waals surface area contributed by atoms with Crippen molar-refractivity contribution in [2.24, 2.45) is 0 Å². The molecule has 1 aromatic heterocycles. The van der Waals surface area contributed by atoms with Gasteiger partial charge in [-0.15, -0.1) is 0 Å². The van der Waals surface area contributed by atoms with Crippen LogP contribution in [0.25, 0.3) is 0 Å². The summed E-state index contributed by atoms with van der Waals surface area (Å²) < 4.78 is 0. The minimum Gasteiger partial charge on any atom is -0.382 e. The van der Waals surface area contributed by atoms with Gasteiger partial charge in [0.2, 0.25) is 0 Å². The monoisotopic (exact) mass is 213 g/mol. The van der Waals surface area contributed by atoms with Crippen molar-refractivity contribution >= 4 is 23.3 Å². The maximum Gasteiger partial charge on any atom is 0.253 e. The van der Waals surface area contributed by atoms with Crippen LogP contribution >= 0.6 is 11.6 Å². The zero-order chi connectivity index (χ0) is 10.7. The number of carbonyl (C=O) groups is 1. The van der Waals surface area contributed by atoms with Gasteiger partial charge >= 0.3 is 0 Å². The van der Waals surface area contributed by atoms with Gasteiger partial charge in [-0.2, -0.15) is 0 Å². The topological polar surface area (TPSA) is 68.0 Å². The number of nitrogens with one attached hydrogen (secondary N) is 1. The van der Waals surface area contributed by atoms with Gasteiger partial charge in [0, 0.05) is 6.54 Å². The van der Waals surface area contributed by atoms with Crippen LogP contribution in [0.1, 0.15) is 23.0 Å². The van der Waals surface area contributed by atoms with Gasteiger partial charge in [0.15, 0.2) is 0 Å². The molecule has 1 heterocycles. The fourth-order valence-corrected chi connectivity index (χ4v) is 1.24. The van der Waals surface area contributed by atoms with Gasteiger partial charge in [-0.25, -0.2) is 4.98 Å². The number of amides is 1. The van der Waals surface area contributed by atoms with Crippen LogP contribution in [0.2, 0.25) is 5.02 Å². The van der Waals surface area contributed by atoms with E-state index in [-0.39, 0.29) is 11.7 Å². The highest BCUT2D eigenvalue weighted by Crippen LogP contribution is 2.19. The molecule has 0 aliphatic heterocycles. The number of aryl methyl sites for hydroxylation is 1. The Morgan fingerprint density at radius 1 is 1.71 bits per heavy atom. The summed E-state index contributed by atoms with van der Waals surface area (Å²) in [5.41, 5.74) is 6.53. The Labute approximate surface area is 87.5 Å². The number of halogens is 1. The number of rotatable bonds is 2. The molecule has 0 aliphatic carbocycles. The van der Waals surface area contributed by atoms with E-state index in [0.717, 1.165) is 0 Å². The van der Waals surface area contributed by atoms with Gasteiger partial charge in [-0.05, 0) is 19.9 Å². The van der Waals surface area contributed by atoms with E-state index in [1.54, 1.807) is 6.92 Å². The molecular formula is C9H12ClN3O. The molecule has 14 heavy (non-hydrogen) atoms. The van der Waals surface area contributed by atoms with E-state index < -0.39 is 0 Å². The van der Waals surface area contributed by atoms with Crippen LogP contribution in [0.5, 0.6) is 0 Å². The zero-order valence-corrected chi connectivity index (χ0v) is 8.85. The third-order valence-corrected chi connectivity index (χ3v) is 2.08. The minimum atomic E-state index is -0.181. The second kappa shape index (κ2) is 4.28. The van der Waals surface area contributed by atoms with Crippen LogP contribution < -0.4 is 11.1 Å². The number of hydrogen-bond acceptors (Lipinski definition) is 3. The number of hydrogen-bond donors (Lipinski definition) is 2. The fourth-order valence-electron chi connectivity index (χ4n) is 1.09. The summed E-state index contributed by atoms with van der Waals surface area (Å²) in [6, 6.07) is 1.53. The molecule has 76 valence electrons. The van der Waals surface area contributed by atoms with Crippen molar-refractivity contribution < 1.29 is 4.79 Å². The molecule has 0 saturated carbocycles. The molecule has 0 radical (unpaired) electrons. The Bertz CT molecular complexity index is 365. The van der Waals surface area contributed by atoms with Crippen LogP contribution in [0.4, 0.5) is 5.82 Å². The van der Waals surface area contributed by atoms with E-state index in [9.17, 15) is 4.79 Å². The maximum absolute atomic E-state index is 11.5. The highest BCUT2D eigenvalue weighted by Gasteiger charge is 2.11. The van der Waals surface area contributed by atoms with E-state index in [4.69, 9.17) is 17.3 Å². The second-order valence-electron chi connectivity index (χ2n) is 2.85. The number of anilines is 1. The fraction of sp³-hybridized carbons (Fsp3) is 0.333. The first-order chi connectivity index (χ1) is 6.56. The number of aromatic nitrogens is 1. The van der Waals surface area contributed by atoms with E-state index >= 15 is 0 Å². The molecule has 0 spiro atoms. The Kier molecular flexibility index (Phi) is 3.30. The first-order valence-corrected chi connectivity index (χ1v) is 4.64. The highest BCUT2D eigenvalue weighted by molar-refractivity contribution is 6.33. The summed E-state index contributed by atoms with van der Waals surface area (Å²) in [5.74, 6) is 0.0663. The summed E-state index contributed by atoms with van der Waals surface area (Å²) in [7, 11) is 0. The Balaban J connectivity index is 3.09. The lowest BCUT2D eigenvalue weighted by molar-refractivity contribution is 0.0955. The van der Waals surface area contributed by atoms with E-state index in [1.165, 1.54) is 6.07 Å². The molecule has 4 nitrogen and oxygen atoms in total. The maximum atomic E-state index is 11.5. The van der Waals surface area contributed by atoms with Crippen molar-refractivity contribution in [3.63, 3.8) is 0 Å². The van der Waals surface area contributed by atoms with E-state index in [2.05, 4.69) is 10.3 Å². The summed E-state index contributed by atoms with van der Waals surface area (Å²) in [5, 5.41) is 2.97. The van der Waals surface area contributed by atoms with Crippen LogP contribution in [0.3, 0.4) is 0 Å². The van der Waals surface area contributed by atoms with Gasteiger partial charge in [-0.3, -0.25) is 4.79 Å². The van der Waals surface area contributed by atoms with Crippen LogP contribution in [0.15, 0.2) is 6.07 Å². The molecule has 0 aliphatic rings. The second-order valence-corrected chi connectivity index (χ2v) is 3.26. The molecule has 0 bridgehead atoms. The SMILES string of the molecule is CCNC(=O)c1cc(Cl)c(N)nc1C. The predicted octanol–water partition coefficient (Wildman–Crippen LogP) is 1.38. The summed E-state index contributed by atoms with van der Waals surface area (Å²) in [6.45, 7) is 4.14. The van der Waals surface area contributed by atoms with Crippen molar-refractivity contribution in [2.45, 2.75) is 13.8 Å². The van der Waals surface area contributed by atoms with E-state index in [0.29, 0.717) is 22.8 Å². The molecule has 1 amide bonds. The smallest absolute Gasteiger partial charge is 0.253 e. The third-order valence-electron chi connectivity index (χ3n) is 1.78. The number of carbonyl (C=O) groups excluding carboxylic acids is 1. The molecular weight excluding hydrogens is 202 g/mol. The largest absolute Gasteiger partial charge is 0.382 e. The predicted molar refractivity (Wildman–Crippen MR) is 56.4 cm³/mol. The lowest BCUT2D eigenvalue weighted by atomic mass is 10.2. The van der Waals surface area contributed by atoms with Crippen LogP contribution in [-0.2, 0) is 0 Å². The lowest BCUT2D eigenvalue weighted by Gasteiger charge is -2.06. The normalized spacial score (nSPS) is 9.93. The number of nitrogens with two attached hydrogens (primary N) is 1. The Morgan fingerprint density at radius 3 is 2.93 bits per heavy atom. The van der Waals surface area contributed by atoms with Gasteiger partial charge in [0.25, 0.3) is 5.91 Å². The molecule has 0 aromatic carbocycles. The lowest BCUT2D eigenvalue weighted by Crippen LogP contribution is -2.24. The number of nitrogen functional groups attached to an aromatic ring is 1. The minimum absolute atomic E-state index is 0.181. The van der Waals surface area contributed by atoms with Gasteiger partial charge in [0.05, 0.1) is 16.3 Å². The van der Waals surface area contributed by atoms with Crippen molar-refractivity contribution in [3.05, 3.63) is 22.3 Å². The average Bonchev–Trinajstić information content (AvgIpc) is 2.11. The molecule has 0 saturated heterocycles. The first-order valence-electron chi connectivity index (χ1n) is 4.27. The summed E-state index contributed by atoms with van der Waals surface area (Å²) >= 11 is 5.76. The standard InChI is InChI=1S/C9H12ClN3O/c1-3-12-9(14)6-4-7(10)8(11)13-5(6)2/h4H,3H2,1-2H3,(H2,11,13)(H,12,14). The molecule has 0 atom stereocenters. The summed E-state index contributed by atoms with van der Waals surface area (Å²) in [4.78, 5) is 15.4. The molecule has 0 unspecified atom stereocenters. The van der Waals surface area contributed by atoms with Crippen molar-refractivity contribution in [3.8, 4) is 0 Å². The van der Waals surface area contributed by atoms with Crippen molar-refractivity contribution in [1.82, 2.24) is 10.3 Å². The quantitative estimate of drug-likeness (QED) is 0.780. The molecule has 0 fully saturated rings.